The van der Waals surface area contributed by atoms with Crippen LogP contribution in [-0.4, -0.2) is 38.7 Å². The third-order valence-electron chi connectivity index (χ3n) is 4.17. The minimum absolute atomic E-state index is 0.346. The van der Waals surface area contributed by atoms with Gasteiger partial charge in [-0.15, -0.1) is 0 Å². The second-order valence-corrected chi connectivity index (χ2v) is 5.92. The van der Waals surface area contributed by atoms with Gasteiger partial charge in [0.05, 0.1) is 7.11 Å². The molecule has 0 bridgehead atoms. The predicted octanol–water partition coefficient (Wildman–Crippen LogP) is 3.45. The first-order valence-corrected chi connectivity index (χ1v) is 7.48. The van der Waals surface area contributed by atoms with Gasteiger partial charge in [-0.1, -0.05) is 18.2 Å². The van der Waals surface area contributed by atoms with Crippen molar-refractivity contribution < 1.29 is 4.74 Å². The summed E-state index contributed by atoms with van der Waals surface area (Å²) in [6, 6.07) is 13.7. The fourth-order valence-corrected chi connectivity index (χ4v) is 2.29. The van der Waals surface area contributed by atoms with Crippen LogP contribution >= 0.6 is 0 Å². The van der Waals surface area contributed by atoms with E-state index in [1.165, 1.54) is 16.3 Å². The molecule has 0 aliphatic carbocycles. The number of hydrogen-bond donors (Lipinski definition) is 1. The number of ether oxygens (including phenoxy) is 1. The zero-order chi connectivity index (χ0) is 15.4. The third-order valence-corrected chi connectivity index (χ3v) is 4.17. The number of benzene rings is 2. The van der Waals surface area contributed by atoms with E-state index in [9.17, 15) is 0 Å². The van der Waals surface area contributed by atoms with Crippen LogP contribution in [0.4, 0.5) is 0 Å². The Morgan fingerprint density at radius 3 is 2.38 bits per heavy atom. The molecule has 0 saturated carbocycles. The highest BCUT2D eigenvalue weighted by molar-refractivity contribution is 5.84. The Morgan fingerprint density at radius 1 is 1.05 bits per heavy atom. The number of nitrogens with one attached hydrogen (secondary N) is 1. The molecule has 0 amide bonds. The van der Waals surface area contributed by atoms with Crippen molar-refractivity contribution in [2.75, 3.05) is 27.7 Å². The van der Waals surface area contributed by atoms with Gasteiger partial charge in [0, 0.05) is 18.6 Å². The minimum Gasteiger partial charge on any atom is -0.497 e. The zero-order valence-electron chi connectivity index (χ0n) is 13.7. The number of likely N-dealkylation sites (N-methyl/N-ethyl adjacent to an activating group) is 1. The Kier molecular flexibility index (Phi) is 5.21. The van der Waals surface area contributed by atoms with Gasteiger partial charge in [0.1, 0.15) is 5.75 Å². The molecule has 21 heavy (non-hydrogen) atoms. The van der Waals surface area contributed by atoms with Crippen LogP contribution in [0.15, 0.2) is 36.4 Å². The quantitative estimate of drug-likeness (QED) is 0.880. The highest BCUT2D eigenvalue weighted by atomic mass is 16.5. The fraction of sp³-hybridized carbons (Fsp3) is 0.444. The molecule has 3 heteroatoms. The number of methoxy groups -OCH3 is 1. The van der Waals surface area contributed by atoms with Crippen LogP contribution in [0.1, 0.15) is 25.5 Å². The lowest BCUT2D eigenvalue weighted by Gasteiger charge is -2.23. The van der Waals surface area contributed by atoms with Gasteiger partial charge >= 0.3 is 0 Å². The molecule has 3 nitrogen and oxygen atoms in total. The van der Waals surface area contributed by atoms with Crippen LogP contribution in [0, 0.1) is 0 Å². The first kappa shape index (κ1) is 15.8. The molecular formula is C18H26N2O. The first-order valence-electron chi connectivity index (χ1n) is 7.48. The molecule has 2 atom stereocenters. The van der Waals surface area contributed by atoms with Gasteiger partial charge in [-0.05, 0) is 62.5 Å². The van der Waals surface area contributed by atoms with Gasteiger partial charge in [0.25, 0.3) is 0 Å². The number of hydrogen-bond acceptors (Lipinski definition) is 3. The van der Waals surface area contributed by atoms with Crippen LogP contribution < -0.4 is 10.1 Å². The topological polar surface area (TPSA) is 24.5 Å². The molecule has 0 heterocycles. The zero-order valence-corrected chi connectivity index (χ0v) is 13.7. The summed E-state index contributed by atoms with van der Waals surface area (Å²) in [6.07, 6.45) is 0. The van der Waals surface area contributed by atoms with Crippen LogP contribution in [0.5, 0.6) is 5.75 Å². The van der Waals surface area contributed by atoms with Crippen LogP contribution in [0.2, 0.25) is 0 Å². The summed E-state index contributed by atoms with van der Waals surface area (Å²) in [5.74, 6) is 0.904. The van der Waals surface area contributed by atoms with Crippen molar-refractivity contribution in [3.63, 3.8) is 0 Å². The average molecular weight is 286 g/mol. The maximum atomic E-state index is 5.27. The molecule has 2 rings (SSSR count). The van der Waals surface area contributed by atoms with E-state index in [2.05, 4.69) is 68.5 Å². The summed E-state index contributed by atoms with van der Waals surface area (Å²) >= 11 is 0. The molecule has 2 aromatic rings. The largest absolute Gasteiger partial charge is 0.497 e. The summed E-state index contributed by atoms with van der Waals surface area (Å²) in [5.41, 5.74) is 1.32. The minimum atomic E-state index is 0.346. The summed E-state index contributed by atoms with van der Waals surface area (Å²) < 4.78 is 5.27. The summed E-state index contributed by atoms with van der Waals surface area (Å²) in [5, 5.41) is 6.07. The van der Waals surface area contributed by atoms with E-state index >= 15 is 0 Å². The first-order chi connectivity index (χ1) is 10.0. The van der Waals surface area contributed by atoms with Crippen molar-refractivity contribution in [1.82, 2.24) is 10.2 Å². The van der Waals surface area contributed by atoms with E-state index in [0.717, 1.165) is 12.3 Å². The van der Waals surface area contributed by atoms with Crippen molar-refractivity contribution in [1.29, 1.82) is 0 Å². The number of rotatable bonds is 6. The van der Waals surface area contributed by atoms with Gasteiger partial charge in [0.2, 0.25) is 0 Å². The van der Waals surface area contributed by atoms with Crippen molar-refractivity contribution in [3.05, 3.63) is 42.0 Å². The van der Waals surface area contributed by atoms with E-state index in [1.807, 2.05) is 6.07 Å². The van der Waals surface area contributed by atoms with E-state index < -0.39 is 0 Å². The van der Waals surface area contributed by atoms with Crippen molar-refractivity contribution in [3.8, 4) is 5.75 Å². The monoisotopic (exact) mass is 286 g/mol. The molecule has 0 fully saturated rings. The Hall–Kier alpha value is -1.58. The maximum Gasteiger partial charge on any atom is 0.119 e. The lowest BCUT2D eigenvalue weighted by molar-refractivity contribution is 0.296. The van der Waals surface area contributed by atoms with Gasteiger partial charge in [-0.3, -0.25) is 0 Å². The summed E-state index contributed by atoms with van der Waals surface area (Å²) in [7, 11) is 5.92. The second kappa shape index (κ2) is 6.92. The van der Waals surface area contributed by atoms with E-state index in [0.29, 0.717) is 12.1 Å². The second-order valence-electron chi connectivity index (χ2n) is 5.92. The molecule has 0 radical (unpaired) electrons. The molecule has 0 saturated heterocycles. The number of fused-ring (bicyclic) bond motifs is 1. The molecule has 0 aliphatic rings. The van der Waals surface area contributed by atoms with Crippen LogP contribution in [0.3, 0.4) is 0 Å². The molecular weight excluding hydrogens is 260 g/mol. The third kappa shape index (κ3) is 3.96. The van der Waals surface area contributed by atoms with Gasteiger partial charge in [-0.2, -0.15) is 0 Å². The fourth-order valence-electron chi connectivity index (χ4n) is 2.29. The summed E-state index contributed by atoms with van der Waals surface area (Å²) in [6.45, 7) is 5.42. The lowest BCUT2D eigenvalue weighted by Crippen LogP contribution is -2.36. The lowest BCUT2D eigenvalue weighted by atomic mass is 10.0. The van der Waals surface area contributed by atoms with Gasteiger partial charge in [-0.25, -0.2) is 0 Å². The molecule has 1 N–H and O–H groups in total. The highest BCUT2D eigenvalue weighted by Gasteiger charge is 2.09. The van der Waals surface area contributed by atoms with Crippen LogP contribution in [0.25, 0.3) is 10.8 Å². The SMILES string of the molecule is COc1ccc2cc(C(C)NCC(C)N(C)C)ccc2c1. The van der Waals surface area contributed by atoms with E-state index in [1.54, 1.807) is 7.11 Å². The number of nitrogens with zero attached hydrogens (tertiary/aromatic N) is 1. The standard InChI is InChI=1S/C18H26N2O/c1-13(20(3)4)12-19-14(2)15-6-7-17-11-18(21-5)9-8-16(17)10-15/h6-11,13-14,19H,12H2,1-5H3. The van der Waals surface area contributed by atoms with Crippen molar-refractivity contribution in [2.45, 2.75) is 25.9 Å². The Balaban J connectivity index is 2.11. The molecule has 2 unspecified atom stereocenters. The van der Waals surface area contributed by atoms with E-state index in [4.69, 9.17) is 4.74 Å². The molecule has 0 aliphatic heterocycles. The van der Waals surface area contributed by atoms with Crippen molar-refractivity contribution in [2.24, 2.45) is 0 Å². The Bertz CT molecular complexity index is 595. The maximum absolute atomic E-state index is 5.27. The molecule has 2 aromatic carbocycles. The average Bonchev–Trinajstić information content (AvgIpc) is 2.50. The molecule has 0 aromatic heterocycles. The van der Waals surface area contributed by atoms with Crippen molar-refractivity contribution >= 4 is 10.8 Å². The molecule has 0 spiro atoms. The normalized spacial score (nSPS) is 14.4. The van der Waals surface area contributed by atoms with E-state index in [-0.39, 0.29) is 0 Å². The van der Waals surface area contributed by atoms with Gasteiger partial charge in [0.15, 0.2) is 0 Å². The predicted molar refractivity (Wildman–Crippen MR) is 90.1 cm³/mol. The summed E-state index contributed by atoms with van der Waals surface area (Å²) in [4.78, 5) is 2.23. The van der Waals surface area contributed by atoms with Gasteiger partial charge < -0.3 is 15.0 Å². The Labute approximate surface area is 127 Å². The highest BCUT2D eigenvalue weighted by Crippen LogP contribution is 2.24. The van der Waals surface area contributed by atoms with Crippen LogP contribution in [-0.2, 0) is 0 Å². The Morgan fingerprint density at radius 2 is 1.71 bits per heavy atom. The smallest absolute Gasteiger partial charge is 0.119 e. The molecule has 114 valence electrons.